The highest BCUT2D eigenvalue weighted by Gasteiger charge is 2.26. The summed E-state index contributed by atoms with van der Waals surface area (Å²) in [6.45, 7) is 0. The second-order valence-corrected chi connectivity index (χ2v) is 14.2. The molecule has 0 unspecified atom stereocenters. The van der Waals surface area contributed by atoms with Gasteiger partial charge in [-0.05, 0) is 132 Å². The Hall–Kier alpha value is -5.30. The molecule has 2 heterocycles. The largest absolute Gasteiger partial charge is 0.454 e. The van der Waals surface area contributed by atoms with Gasteiger partial charge in [-0.25, -0.2) is 9.59 Å². The van der Waals surface area contributed by atoms with E-state index in [1.54, 1.807) is 24.8 Å². The molecule has 0 bridgehead atoms. The molecular formula is C46H42Cl2N2O4. The highest BCUT2D eigenvalue weighted by Crippen LogP contribution is 2.26. The highest BCUT2D eigenvalue weighted by molar-refractivity contribution is 6.31. The Bertz CT molecular complexity index is 1940. The summed E-state index contributed by atoms with van der Waals surface area (Å²) in [5, 5.41) is 1.38. The van der Waals surface area contributed by atoms with Gasteiger partial charge in [0.1, 0.15) is 12.2 Å². The molecule has 274 valence electrons. The number of carbonyl (C=O) groups excluding carboxylic acids is 2. The van der Waals surface area contributed by atoms with Crippen molar-refractivity contribution in [2.45, 2.75) is 63.6 Å². The summed E-state index contributed by atoms with van der Waals surface area (Å²) < 4.78 is 11.8. The standard InChI is InChI=1S/C46H42Cl2N2O4/c47-41-9-1-7-39(29-41)37-19-11-33(12-20-37)15-23-43(25-17-35-5-3-27-49-31-35)53-45(51)46(52)54-44(26-18-36-6-4-28-50-32-36)24-16-34-13-21-38(22-14-34)40-8-2-10-42(48)30-40/h1-14,19-22,27-32,43-44H,15-18,23-26H2/t43-,44-/m1/s1. The lowest BCUT2D eigenvalue weighted by Crippen LogP contribution is -2.30. The van der Waals surface area contributed by atoms with Gasteiger partial charge in [0.2, 0.25) is 0 Å². The lowest BCUT2D eigenvalue weighted by Gasteiger charge is -2.20. The van der Waals surface area contributed by atoms with Gasteiger partial charge in [-0.3, -0.25) is 9.97 Å². The quantitative estimate of drug-likeness (QED) is 0.0723. The van der Waals surface area contributed by atoms with E-state index in [-0.39, 0.29) is 0 Å². The summed E-state index contributed by atoms with van der Waals surface area (Å²) in [4.78, 5) is 35.1. The van der Waals surface area contributed by atoms with Crippen molar-refractivity contribution in [2.75, 3.05) is 0 Å². The van der Waals surface area contributed by atoms with Crippen LogP contribution >= 0.6 is 23.2 Å². The number of nitrogens with zero attached hydrogens (tertiary/aromatic N) is 2. The van der Waals surface area contributed by atoms with Crippen LogP contribution < -0.4 is 0 Å². The van der Waals surface area contributed by atoms with Crippen molar-refractivity contribution in [3.63, 3.8) is 0 Å². The van der Waals surface area contributed by atoms with E-state index in [1.807, 2.05) is 72.8 Å². The molecule has 8 heteroatoms. The molecule has 6 rings (SSSR count). The molecule has 2 atom stereocenters. The van der Waals surface area contributed by atoms with Gasteiger partial charge in [0.05, 0.1) is 0 Å². The zero-order chi connectivity index (χ0) is 37.5. The van der Waals surface area contributed by atoms with E-state index in [0.29, 0.717) is 61.4 Å². The molecule has 0 saturated carbocycles. The number of rotatable bonds is 16. The zero-order valence-corrected chi connectivity index (χ0v) is 31.5. The minimum Gasteiger partial charge on any atom is -0.454 e. The number of esters is 2. The van der Waals surface area contributed by atoms with Crippen LogP contribution in [-0.2, 0) is 44.7 Å². The molecule has 0 saturated heterocycles. The molecule has 54 heavy (non-hydrogen) atoms. The third-order valence-electron chi connectivity index (χ3n) is 9.40. The Labute approximate surface area is 327 Å². The fourth-order valence-electron chi connectivity index (χ4n) is 6.39. The van der Waals surface area contributed by atoms with Crippen molar-refractivity contribution < 1.29 is 19.1 Å². The molecule has 4 aromatic carbocycles. The molecule has 0 amide bonds. The van der Waals surface area contributed by atoms with Gasteiger partial charge in [0.15, 0.2) is 0 Å². The van der Waals surface area contributed by atoms with Crippen LogP contribution in [0.5, 0.6) is 0 Å². The number of aryl methyl sites for hydroxylation is 4. The molecule has 6 aromatic rings. The third-order valence-corrected chi connectivity index (χ3v) is 9.87. The summed E-state index contributed by atoms with van der Waals surface area (Å²) in [6, 6.07) is 39.8. The van der Waals surface area contributed by atoms with Crippen LogP contribution in [0.25, 0.3) is 22.3 Å². The molecule has 0 N–H and O–H groups in total. The first-order valence-electron chi connectivity index (χ1n) is 18.3. The minimum absolute atomic E-state index is 0.496. The second-order valence-electron chi connectivity index (χ2n) is 13.3. The first-order valence-corrected chi connectivity index (χ1v) is 19.0. The zero-order valence-electron chi connectivity index (χ0n) is 30.0. The van der Waals surface area contributed by atoms with E-state index in [2.05, 4.69) is 58.5 Å². The Kier molecular flexibility index (Phi) is 14.0. The number of pyridine rings is 2. The maximum Gasteiger partial charge on any atom is 0.417 e. The van der Waals surface area contributed by atoms with Gasteiger partial charge in [-0.1, -0.05) is 108 Å². The smallest absolute Gasteiger partial charge is 0.417 e. The highest BCUT2D eigenvalue weighted by atomic mass is 35.5. The molecule has 0 radical (unpaired) electrons. The van der Waals surface area contributed by atoms with Gasteiger partial charge in [-0.2, -0.15) is 0 Å². The fraction of sp³-hybridized carbons (Fsp3) is 0.217. The lowest BCUT2D eigenvalue weighted by atomic mass is 9.99. The number of hydrogen-bond donors (Lipinski definition) is 0. The van der Waals surface area contributed by atoms with Crippen LogP contribution in [-0.4, -0.2) is 34.1 Å². The number of halogens is 2. The average Bonchev–Trinajstić information content (AvgIpc) is 3.21. The number of hydrogen-bond acceptors (Lipinski definition) is 6. The maximum absolute atomic E-state index is 13.3. The van der Waals surface area contributed by atoms with Crippen LogP contribution in [0.3, 0.4) is 0 Å². The van der Waals surface area contributed by atoms with Gasteiger partial charge in [-0.15, -0.1) is 0 Å². The van der Waals surface area contributed by atoms with Crippen molar-refractivity contribution in [1.82, 2.24) is 9.97 Å². The van der Waals surface area contributed by atoms with E-state index < -0.39 is 24.1 Å². The van der Waals surface area contributed by atoms with Gasteiger partial charge in [0, 0.05) is 34.8 Å². The molecule has 0 aliphatic rings. The fourth-order valence-corrected chi connectivity index (χ4v) is 6.77. The molecule has 0 aliphatic carbocycles. The van der Waals surface area contributed by atoms with Crippen LogP contribution in [0.1, 0.15) is 47.9 Å². The van der Waals surface area contributed by atoms with Crippen molar-refractivity contribution in [3.05, 3.63) is 178 Å². The first kappa shape index (κ1) is 38.4. The predicted octanol–water partition coefficient (Wildman–Crippen LogP) is 10.8. The summed E-state index contributed by atoms with van der Waals surface area (Å²) in [5.74, 6) is -1.94. The Morgan fingerprint density at radius 3 is 1.20 bits per heavy atom. The first-order chi connectivity index (χ1) is 26.4. The summed E-state index contributed by atoms with van der Waals surface area (Å²) >= 11 is 12.4. The molecule has 0 aliphatic heterocycles. The maximum atomic E-state index is 13.3. The van der Waals surface area contributed by atoms with Crippen molar-refractivity contribution in [3.8, 4) is 22.3 Å². The summed E-state index contributed by atoms with van der Waals surface area (Å²) in [6.07, 6.45) is 10.9. The Balaban J connectivity index is 1.09. The van der Waals surface area contributed by atoms with E-state index in [0.717, 1.165) is 44.5 Å². The van der Waals surface area contributed by atoms with Crippen LogP contribution in [0, 0.1) is 0 Å². The number of ether oxygens (including phenoxy) is 2. The van der Waals surface area contributed by atoms with E-state index in [9.17, 15) is 9.59 Å². The van der Waals surface area contributed by atoms with Crippen molar-refractivity contribution >= 4 is 35.1 Å². The SMILES string of the molecule is O=C(O[C@H](CCc1ccc(-c2cccc(Cl)c2)cc1)CCc1cccnc1)C(=O)O[C@H](CCc1ccc(-c2cccc(Cl)c2)cc1)CCc1cccnc1. The molecular weight excluding hydrogens is 715 g/mol. The van der Waals surface area contributed by atoms with E-state index >= 15 is 0 Å². The third kappa shape index (κ3) is 11.9. The predicted molar refractivity (Wildman–Crippen MR) is 215 cm³/mol. The second kappa shape index (κ2) is 19.7. The molecule has 0 spiro atoms. The van der Waals surface area contributed by atoms with Crippen LogP contribution in [0.2, 0.25) is 10.0 Å². The van der Waals surface area contributed by atoms with E-state index in [1.165, 1.54) is 0 Å². The topological polar surface area (TPSA) is 78.4 Å². The van der Waals surface area contributed by atoms with Gasteiger partial charge >= 0.3 is 11.9 Å². The van der Waals surface area contributed by atoms with Gasteiger partial charge in [0.25, 0.3) is 0 Å². The number of carbonyl (C=O) groups is 2. The van der Waals surface area contributed by atoms with Crippen LogP contribution in [0.4, 0.5) is 0 Å². The molecule has 6 nitrogen and oxygen atoms in total. The Morgan fingerprint density at radius 2 is 0.852 bits per heavy atom. The molecule has 2 aromatic heterocycles. The van der Waals surface area contributed by atoms with Gasteiger partial charge < -0.3 is 9.47 Å². The number of aromatic nitrogens is 2. The normalized spacial score (nSPS) is 12.1. The summed E-state index contributed by atoms with van der Waals surface area (Å²) in [5.41, 5.74) is 8.48. The minimum atomic E-state index is -0.972. The number of benzene rings is 4. The van der Waals surface area contributed by atoms with Crippen LogP contribution in [0.15, 0.2) is 146 Å². The summed E-state index contributed by atoms with van der Waals surface area (Å²) in [7, 11) is 0. The van der Waals surface area contributed by atoms with E-state index in [4.69, 9.17) is 32.7 Å². The van der Waals surface area contributed by atoms with Crippen molar-refractivity contribution in [1.29, 1.82) is 0 Å². The van der Waals surface area contributed by atoms with Crippen molar-refractivity contribution in [2.24, 2.45) is 0 Å². The molecule has 0 fully saturated rings. The monoisotopic (exact) mass is 756 g/mol. The Morgan fingerprint density at radius 1 is 0.463 bits per heavy atom. The lowest BCUT2D eigenvalue weighted by molar-refractivity contribution is -0.174. The average molecular weight is 758 g/mol.